The third-order valence-corrected chi connectivity index (χ3v) is 4.29. The average molecular weight is 359 g/mol. The number of benzene rings is 1. The zero-order valence-electron chi connectivity index (χ0n) is 13.6. The molecule has 0 fully saturated rings. The van der Waals surface area contributed by atoms with Crippen LogP contribution < -0.4 is 5.32 Å². The van der Waals surface area contributed by atoms with Crippen LogP contribution >= 0.6 is 11.3 Å². The van der Waals surface area contributed by atoms with E-state index in [-0.39, 0.29) is 18.3 Å². The number of nitrogens with one attached hydrogen (secondary N) is 1. The van der Waals surface area contributed by atoms with Gasteiger partial charge in [0.05, 0.1) is 24.4 Å². The van der Waals surface area contributed by atoms with Gasteiger partial charge in [-0.05, 0) is 12.5 Å². The lowest BCUT2D eigenvalue weighted by atomic mass is 10.1. The van der Waals surface area contributed by atoms with Crippen LogP contribution in [0.5, 0.6) is 0 Å². The summed E-state index contributed by atoms with van der Waals surface area (Å²) in [7, 11) is 0. The fourth-order valence-corrected chi connectivity index (χ4v) is 3.02. The summed E-state index contributed by atoms with van der Waals surface area (Å²) >= 11 is 1.25. The zero-order chi connectivity index (χ0) is 17.6. The highest BCUT2D eigenvalue weighted by Crippen LogP contribution is 2.20. The van der Waals surface area contributed by atoms with Crippen LogP contribution in [-0.2, 0) is 25.6 Å². The maximum Gasteiger partial charge on any atom is 0.311 e. The first-order valence-electron chi connectivity index (χ1n) is 7.84. The number of ether oxygens (including phenoxy) is 1. The molecule has 0 bridgehead atoms. The van der Waals surface area contributed by atoms with Crippen LogP contribution in [0.15, 0.2) is 40.9 Å². The first-order chi connectivity index (χ1) is 12.2. The molecule has 0 aliphatic carbocycles. The average Bonchev–Trinajstić information content (AvgIpc) is 3.25. The van der Waals surface area contributed by atoms with Gasteiger partial charge in [0.25, 0.3) is 5.91 Å². The smallest absolute Gasteiger partial charge is 0.311 e. The van der Waals surface area contributed by atoms with Crippen molar-refractivity contribution in [3.63, 3.8) is 0 Å². The minimum Gasteiger partial charge on any atom is -0.466 e. The number of hydrogen-bond acceptors (Lipinski definition) is 7. The third-order valence-electron chi connectivity index (χ3n) is 3.48. The number of hydrogen-bond donors (Lipinski definition) is 1. The van der Waals surface area contributed by atoms with Gasteiger partial charge in [0, 0.05) is 11.8 Å². The van der Waals surface area contributed by atoms with Crippen LogP contribution in [0.1, 0.15) is 24.6 Å². The van der Waals surface area contributed by atoms with Crippen molar-refractivity contribution in [3.05, 3.63) is 47.0 Å². The van der Waals surface area contributed by atoms with E-state index in [1.807, 2.05) is 30.3 Å². The van der Waals surface area contributed by atoms with Crippen LogP contribution in [0.25, 0.3) is 0 Å². The number of anilines is 1. The zero-order valence-corrected chi connectivity index (χ0v) is 14.4. The lowest BCUT2D eigenvalue weighted by molar-refractivity contribution is -0.142. The molecule has 0 saturated carbocycles. The summed E-state index contributed by atoms with van der Waals surface area (Å²) in [6.45, 7) is 2.08. The Morgan fingerprint density at radius 3 is 2.92 bits per heavy atom. The number of carbonyl (C=O) groups is 2. The Bertz CT molecular complexity index is 788. The number of rotatable bonds is 6. The molecular weight excluding hydrogens is 342 g/mol. The number of esters is 1. The van der Waals surface area contributed by atoms with E-state index in [4.69, 9.17) is 9.57 Å². The Morgan fingerprint density at radius 1 is 1.36 bits per heavy atom. The Morgan fingerprint density at radius 2 is 2.16 bits per heavy atom. The summed E-state index contributed by atoms with van der Waals surface area (Å²) in [5.41, 5.74) is 2.24. The Hall–Kier alpha value is -2.74. The molecule has 1 N–H and O–H groups in total. The van der Waals surface area contributed by atoms with Crippen LogP contribution in [-0.4, -0.2) is 35.3 Å². The van der Waals surface area contributed by atoms with Gasteiger partial charge in [0.15, 0.2) is 5.13 Å². The number of oxime groups is 1. The summed E-state index contributed by atoms with van der Waals surface area (Å²) in [4.78, 5) is 33.2. The van der Waals surface area contributed by atoms with Crippen molar-refractivity contribution in [2.75, 3.05) is 11.9 Å². The van der Waals surface area contributed by atoms with E-state index in [0.29, 0.717) is 23.9 Å². The van der Waals surface area contributed by atoms with Crippen LogP contribution in [0, 0.1) is 0 Å². The molecule has 2 heterocycles. The lowest BCUT2D eigenvalue weighted by Crippen LogP contribution is -2.28. The number of carbonyl (C=O) groups excluding carboxylic acids is 2. The number of nitrogens with zero attached hydrogens (tertiary/aromatic N) is 2. The normalized spacial score (nSPS) is 16.0. The molecule has 1 aliphatic heterocycles. The predicted octanol–water partition coefficient (Wildman–Crippen LogP) is 2.38. The van der Waals surface area contributed by atoms with Crippen molar-refractivity contribution in [2.45, 2.75) is 25.9 Å². The van der Waals surface area contributed by atoms with Crippen molar-refractivity contribution < 1.29 is 19.2 Å². The number of aromatic nitrogens is 1. The first kappa shape index (κ1) is 17.1. The molecule has 1 amide bonds. The highest BCUT2D eigenvalue weighted by Gasteiger charge is 2.29. The fourth-order valence-electron chi connectivity index (χ4n) is 2.31. The van der Waals surface area contributed by atoms with E-state index in [1.54, 1.807) is 12.3 Å². The highest BCUT2D eigenvalue weighted by atomic mass is 32.1. The summed E-state index contributed by atoms with van der Waals surface area (Å²) in [5.74, 6) is -0.655. The Labute approximate surface area is 148 Å². The minimum absolute atomic E-state index is 0.0847. The largest absolute Gasteiger partial charge is 0.466 e. The number of amides is 1. The van der Waals surface area contributed by atoms with Gasteiger partial charge in [-0.15, -0.1) is 11.3 Å². The van der Waals surface area contributed by atoms with Crippen LogP contribution in [0.3, 0.4) is 0 Å². The van der Waals surface area contributed by atoms with E-state index in [0.717, 1.165) is 11.3 Å². The second-order valence-electron chi connectivity index (χ2n) is 5.32. The Balaban J connectivity index is 1.54. The summed E-state index contributed by atoms with van der Waals surface area (Å²) < 4.78 is 4.87. The van der Waals surface area contributed by atoms with Gasteiger partial charge in [-0.2, -0.15) is 0 Å². The minimum atomic E-state index is -0.687. The molecule has 2 aromatic rings. The van der Waals surface area contributed by atoms with E-state index in [9.17, 15) is 9.59 Å². The molecule has 25 heavy (non-hydrogen) atoms. The maximum absolute atomic E-state index is 12.3. The van der Waals surface area contributed by atoms with Gasteiger partial charge >= 0.3 is 5.97 Å². The van der Waals surface area contributed by atoms with E-state index in [2.05, 4.69) is 15.5 Å². The van der Waals surface area contributed by atoms with Crippen LogP contribution in [0.4, 0.5) is 5.13 Å². The lowest BCUT2D eigenvalue weighted by Gasteiger charge is -2.07. The molecular formula is C17H17N3O4S. The topological polar surface area (TPSA) is 89.9 Å². The van der Waals surface area contributed by atoms with E-state index in [1.165, 1.54) is 11.3 Å². The van der Waals surface area contributed by atoms with Gasteiger partial charge in [0.2, 0.25) is 6.10 Å². The van der Waals surface area contributed by atoms with Gasteiger partial charge in [-0.1, -0.05) is 35.5 Å². The maximum atomic E-state index is 12.3. The molecule has 8 heteroatoms. The molecule has 1 aromatic heterocycles. The standard InChI is InChI=1S/C17H17N3O4S/c1-2-23-15(21)8-12-10-25-17(18-12)19-16(22)14-9-13(20-24-14)11-6-4-3-5-7-11/h3-7,10,14H,2,8-9H2,1H3,(H,18,19,22). The second-order valence-corrected chi connectivity index (χ2v) is 6.18. The van der Waals surface area contributed by atoms with E-state index >= 15 is 0 Å². The third kappa shape index (κ3) is 4.42. The molecule has 3 rings (SSSR count). The van der Waals surface area contributed by atoms with Crippen molar-refractivity contribution in [2.24, 2.45) is 5.16 Å². The molecule has 1 atom stereocenters. The number of thiazole rings is 1. The molecule has 0 saturated heterocycles. The first-order valence-corrected chi connectivity index (χ1v) is 8.72. The van der Waals surface area contributed by atoms with Gasteiger partial charge in [0.1, 0.15) is 0 Å². The fraction of sp³-hybridized carbons (Fsp3) is 0.294. The monoisotopic (exact) mass is 359 g/mol. The van der Waals surface area contributed by atoms with Crippen LogP contribution in [0.2, 0.25) is 0 Å². The Kier molecular flexibility index (Phi) is 5.39. The highest BCUT2D eigenvalue weighted by molar-refractivity contribution is 7.13. The van der Waals surface area contributed by atoms with E-state index < -0.39 is 6.10 Å². The second kappa shape index (κ2) is 7.89. The molecule has 130 valence electrons. The molecule has 0 spiro atoms. The summed E-state index contributed by atoms with van der Waals surface area (Å²) in [6.07, 6.45) is -0.203. The summed E-state index contributed by atoms with van der Waals surface area (Å²) in [5, 5.41) is 8.83. The van der Waals surface area contributed by atoms with Crippen molar-refractivity contribution in [3.8, 4) is 0 Å². The SMILES string of the molecule is CCOC(=O)Cc1csc(NC(=O)C2CC(c3ccccc3)=NO2)n1. The molecule has 0 radical (unpaired) electrons. The molecule has 1 aromatic carbocycles. The van der Waals surface area contributed by atoms with Crippen molar-refractivity contribution in [1.82, 2.24) is 4.98 Å². The molecule has 1 aliphatic rings. The predicted molar refractivity (Wildman–Crippen MR) is 93.5 cm³/mol. The molecule has 7 nitrogen and oxygen atoms in total. The summed E-state index contributed by atoms with van der Waals surface area (Å²) in [6, 6.07) is 9.58. The van der Waals surface area contributed by atoms with Gasteiger partial charge in [-0.25, -0.2) is 4.98 Å². The van der Waals surface area contributed by atoms with Gasteiger partial charge < -0.3 is 9.57 Å². The molecule has 1 unspecified atom stereocenters. The van der Waals surface area contributed by atoms with Crippen molar-refractivity contribution >= 4 is 34.1 Å². The van der Waals surface area contributed by atoms with Crippen molar-refractivity contribution in [1.29, 1.82) is 0 Å². The van der Waals surface area contributed by atoms with Gasteiger partial charge in [-0.3, -0.25) is 14.9 Å². The quantitative estimate of drug-likeness (QED) is 0.800.